The van der Waals surface area contributed by atoms with Crippen molar-refractivity contribution in [2.24, 2.45) is 0 Å². The average Bonchev–Trinajstić information content (AvgIpc) is 2.39. The van der Waals surface area contributed by atoms with Gasteiger partial charge in [-0.3, -0.25) is 0 Å². The molecule has 0 saturated carbocycles. The molecule has 1 unspecified atom stereocenters. The fourth-order valence-electron chi connectivity index (χ4n) is 2.25. The Morgan fingerprint density at radius 2 is 1.95 bits per heavy atom. The van der Waals surface area contributed by atoms with Crippen molar-refractivity contribution >= 4 is 27.5 Å². The van der Waals surface area contributed by atoms with Gasteiger partial charge in [-0.15, -0.1) is 0 Å². The van der Waals surface area contributed by atoms with Crippen molar-refractivity contribution in [2.45, 2.75) is 58.4 Å². The molecule has 0 amide bonds. The number of hydrogen-bond acceptors (Lipinski definition) is 1. The molecule has 1 rings (SSSR count). The monoisotopic (exact) mass is 345 g/mol. The zero-order chi connectivity index (χ0) is 14.1. The summed E-state index contributed by atoms with van der Waals surface area (Å²) >= 11 is 9.84. The van der Waals surface area contributed by atoms with Crippen LogP contribution in [0.2, 0.25) is 5.02 Å². The molecular formula is C16H25BrClN. The van der Waals surface area contributed by atoms with Crippen molar-refractivity contribution in [2.75, 3.05) is 6.54 Å². The van der Waals surface area contributed by atoms with Gasteiger partial charge in [0.25, 0.3) is 0 Å². The van der Waals surface area contributed by atoms with E-state index in [9.17, 15) is 0 Å². The third-order valence-electron chi connectivity index (χ3n) is 3.33. The molecule has 3 heteroatoms. The van der Waals surface area contributed by atoms with E-state index in [1.165, 1.54) is 37.7 Å². The van der Waals surface area contributed by atoms with Crippen molar-refractivity contribution in [1.29, 1.82) is 0 Å². The van der Waals surface area contributed by atoms with Crippen molar-refractivity contribution in [3.05, 3.63) is 33.3 Å². The molecule has 1 N–H and O–H groups in total. The highest BCUT2D eigenvalue weighted by Crippen LogP contribution is 2.29. The lowest BCUT2D eigenvalue weighted by Crippen LogP contribution is -2.22. The van der Waals surface area contributed by atoms with Crippen LogP contribution in [0.15, 0.2) is 22.7 Å². The zero-order valence-corrected chi connectivity index (χ0v) is 14.4. The van der Waals surface area contributed by atoms with Crippen LogP contribution in [0.1, 0.15) is 64.0 Å². The summed E-state index contributed by atoms with van der Waals surface area (Å²) in [5.41, 5.74) is 1.23. The van der Waals surface area contributed by atoms with Gasteiger partial charge in [0.15, 0.2) is 0 Å². The Bertz CT molecular complexity index is 368. The van der Waals surface area contributed by atoms with Crippen molar-refractivity contribution in [3.8, 4) is 0 Å². The summed E-state index contributed by atoms with van der Waals surface area (Å²) in [6.07, 6.45) is 7.51. The van der Waals surface area contributed by atoms with Crippen LogP contribution in [0.4, 0.5) is 0 Å². The molecule has 0 aliphatic rings. The van der Waals surface area contributed by atoms with E-state index in [2.05, 4.69) is 47.2 Å². The summed E-state index contributed by atoms with van der Waals surface area (Å²) in [5.74, 6) is 0. The molecule has 108 valence electrons. The maximum absolute atomic E-state index is 6.37. The fraction of sp³-hybridized carbons (Fsp3) is 0.625. The van der Waals surface area contributed by atoms with Gasteiger partial charge in [-0.05, 0) is 37.1 Å². The topological polar surface area (TPSA) is 12.0 Å². The van der Waals surface area contributed by atoms with Gasteiger partial charge in [0.1, 0.15) is 0 Å². The highest BCUT2D eigenvalue weighted by Gasteiger charge is 2.13. The molecule has 0 aromatic heterocycles. The largest absolute Gasteiger partial charge is 0.310 e. The number of hydrogen-bond donors (Lipinski definition) is 1. The standard InChI is InChI=1S/C16H25BrClN/c1-3-5-6-7-8-16(19-11-4-2)14-10-9-13(17)12-15(14)18/h9-10,12,16,19H,3-8,11H2,1-2H3. The van der Waals surface area contributed by atoms with Crippen LogP contribution in [-0.2, 0) is 0 Å². The minimum absolute atomic E-state index is 0.386. The van der Waals surface area contributed by atoms with Crippen molar-refractivity contribution < 1.29 is 0 Å². The first-order chi connectivity index (χ1) is 9.19. The first kappa shape index (κ1) is 17.0. The summed E-state index contributed by atoms with van der Waals surface area (Å²) in [7, 11) is 0. The van der Waals surface area contributed by atoms with Crippen LogP contribution < -0.4 is 5.32 Å². The number of nitrogens with one attached hydrogen (secondary N) is 1. The predicted octanol–water partition coefficient (Wildman–Crippen LogP) is 6.11. The van der Waals surface area contributed by atoms with Gasteiger partial charge in [-0.25, -0.2) is 0 Å². The Morgan fingerprint density at radius 1 is 1.16 bits per heavy atom. The summed E-state index contributed by atoms with van der Waals surface area (Å²) in [5, 5.41) is 4.48. The summed E-state index contributed by atoms with van der Waals surface area (Å²) in [6, 6.07) is 6.59. The number of rotatable bonds is 9. The number of halogens is 2. The molecular weight excluding hydrogens is 322 g/mol. The van der Waals surface area contributed by atoms with Crippen molar-refractivity contribution in [1.82, 2.24) is 5.32 Å². The molecule has 0 aliphatic carbocycles. The van der Waals surface area contributed by atoms with E-state index in [-0.39, 0.29) is 0 Å². The first-order valence-electron chi connectivity index (χ1n) is 7.37. The third-order valence-corrected chi connectivity index (χ3v) is 4.15. The van der Waals surface area contributed by atoms with Gasteiger partial charge in [-0.2, -0.15) is 0 Å². The molecule has 0 radical (unpaired) electrons. The quantitative estimate of drug-likeness (QED) is 0.532. The maximum Gasteiger partial charge on any atom is 0.0465 e. The molecule has 1 aromatic carbocycles. The molecule has 19 heavy (non-hydrogen) atoms. The normalized spacial score (nSPS) is 12.6. The van der Waals surface area contributed by atoms with Crippen LogP contribution in [0, 0.1) is 0 Å². The lowest BCUT2D eigenvalue weighted by Gasteiger charge is -2.20. The summed E-state index contributed by atoms with van der Waals surface area (Å²) in [4.78, 5) is 0. The minimum atomic E-state index is 0.386. The minimum Gasteiger partial charge on any atom is -0.310 e. The molecule has 1 nitrogen and oxygen atoms in total. The SMILES string of the molecule is CCCCCCC(NCCC)c1ccc(Br)cc1Cl. The average molecular weight is 347 g/mol. The maximum atomic E-state index is 6.37. The van der Waals surface area contributed by atoms with Gasteiger partial charge in [0, 0.05) is 15.5 Å². The highest BCUT2D eigenvalue weighted by atomic mass is 79.9. The van der Waals surface area contributed by atoms with Crippen LogP contribution in [0.3, 0.4) is 0 Å². The highest BCUT2D eigenvalue weighted by molar-refractivity contribution is 9.10. The second kappa shape index (κ2) is 9.79. The smallest absolute Gasteiger partial charge is 0.0465 e. The summed E-state index contributed by atoms with van der Waals surface area (Å²) < 4.78 is 1.04. The van der Waals surface area contributed by atoms with E-state index in [1.807, 2.05) is 6.07 Å². The predicted molar refractivity (Wildman–Crippen MR) is 88.9 cm³/mol. The molecule has 0 aliphatic heterocycles. The van der Waals surface area contributed by atoms with E-state index in [0.717, 1.165) is 22.5 Å². The Labute approximate surface area is 131 Å². The van der Waals surface area contributed by atoms with Crippen molar-refractivity contribution in [3.63, 3.8) is 0 Å². The van der Waals surface area contributed by atoms with Gasteiger partial charge < -0.3 is 5.32 Å². The Morgan fingerprint density at radius 3 is 2.58 bits per heavy atom. The van der Waals surface area contributed by atoms with E-state index in [4.69, 9.17) is 11.6 Å². The Kier molecular flexibility index (Phi) is 8.76. The van der Waals surface area contributed by atoms with E-state index < -0.39 is 0 Å². The Balaban J connectivity index is 2.66. The van der Waals surface area contributed by atoms with Gasteiger partial charge in [0.05, 0.1) is 0 Å². The lowest BCUT2D eigenvalue weighted by molar-refractivity contribution is 0.470. The van der Waals surface area contributed by atoms with Gasteiger partial charge >= 0.3 is 0 Å². The van der Waals surface area contributed by atoms with Gasteiger partial charge in [0.2, 0.25) is 0 Å². The lowest BCUT2D eigenvalue weighted by atomic mass is 10.00. The second-order valence-corrected chi connectivity index (χ2v) is 6.34. The van der Waals surface area contributed by atoms with E-state index >= 15 is 0 Å². The number of benzene rings is 1. The molecule has 1 aromatic rings. The van der Waals surface area contributed by atoms with Crippen LogP contribution in [0.5, 0.6) is 0 Å². The zero-order valence-electron chi connectivity index (χ0n) is 12.0. The first-order valence-corrected chi connectivity index (χ1v) is 8.54. The van der Waals surface area contributed by atoms with E-state index in [0.29, 0.717) is 6.04 Å². The Hall–Kier alpha value is -0.0500. The van der Waals surface area contributed by atoms with Crippen LogP contribution in [0.25, 0.3) is 0 Å². The van der Waals surface area contributed by atoms with Gasteiger partial charge in [-0.1, -0.05) is 73.1 Å². The van der Waals surface area contributed by atoms with Crippen LogP contribution in [-0.4, -0.2) is 6.54 Å². The third kappa shape index (κ3) is 6.29. The molecule has 1 atom stereocenters. The molecule has 0 bridgehead atoms. The molecule has 0 heterocycles. The number of unbranched alkanes of at least 4 members (excludes halogenated alkanes) is 3. The second-order valence-electron chi connectivity index (χ2n) is 5.02. The molecule has 0 saturated heterocycles. The molecule has 0 fully saturated rings. The van der Waals surface area contributed by atoms with Crippen LogP contribution >= 0.6 is 27.5 Å². The molecule has 0 spiro atoms. The summed E-state index contributed by atoms with van der Waals surface area (Å²) in [6.45, 7) is 5.49. The fourth-order valence-corrected chi connectivity index (χ4v) is 3.05. The van der Waals surface area contributed by atoms with E-state index in [1.54, 1.807) is 0 Å².